The number of nitrogens with zero attached hydrogens (tertiary/aromatic N) is 1. The van der Waals surface area contributed by atoms with Gasteiger partial charge in [-0.2, -0.15) is 0 Å². The van der Waals surface area contributed by atoms with E-state index in [4.69, 9.17) is 0 Å². The maximum Gasteiger partial charge on any atom is 0.136 e. The molecule has 1 aromatic heterocycles. The van der Waals surface area contributed by atoms with Crippen molar-refractivity contribution in [3.63, 3.8) is 0 Å². The molecular formula is C18H25FN2S. The van der Waals surface area contributed by atoms with Gasteiger partial charge in [0.25, 0.3) is 0 Å². The summed E-state index contributed by atoms with van der Waals surface area (Å²) < 4.78 is 14.8. The third-order valence-corrected chi connectivity index (χ3v) is 9.04. The monoisotopic (exact) mass is 320 g/mol. The highest BCUT2D eigenvalue weighted by molar-refractivity contribution is 8.33. The lowest BCUT2D eigenvalue weighted by atomic mass is 10.1. The highest BCUT2D eigenvalue weighted by Gasteiger charge is 2.37. The standard InChI is InChI=1S/C18H25FN2S/c1-21-8-6-13-14-10-15(19)18(22(2,3)12-4-5-12)11-17(14)20-16(13)7-9-21/h10-12,20H,4-9H2,1-3H3. The average Bonchev–Trinajstić information content (AvgIpc) is 3.27. The fourth-order valence-corrected chi connectivity index (χ4v) is 6.42. The molecule has 1 aromatic carbocycles. The normalized spacial score (nSPS) is 20.9. The first-order valence-electron chi connectivity index (χ1n) is 8.20. The zero-order valence-corrected chi connectivity index (χ0v) is 14.5. The van der Waals surface area contributed by atoms with Crippen LogP contribution in [0, 0.1) is 5.82 Å². The molecule has 0 unspecified atom stereocenters. The van der Waals surface area contributed by atoms with E-state index in [1.807, 2.05) is 6.07 Å². The number of aromatic amines is 1. The average molecular weight is 320 g/mol. The van der Waals surface area contributed by atoms with Crippen molar-refractivity contribution in [2.24, 2.45) is 0 Å². The molecule has 0 radical (unpaired) electrons. The molecule has 0 saturated heterocycles. The van der Waals surface area contributed by atoms with E-state index in [0.717, 1.165) is 47.0 Å². The Balaban J connectivity index is 1.83. The van der Waals surface area contributed by atoms with E-state index in [2.05, 4.69) is 35.5 Å². The number of benzene rings is 1. The van der Waals surface area contributed by atoms with E-state index >= 15 is 0 Å². The summed E-state index contributed by atoms with van der Waals surface area (Å²) in [6.07, 6.45) is 9.15. The van der Waals surface area contributed by atoms with Gasteiger partial charge in [-0.15, -0.1) is 0 Å². The minimum absolute atomic E-state index is 0.0128. The topological polar surface area (TPSA) is 19.0 Å². The zero-order chi connectivity index (χ0) is 15.5. The van der Waals surface area contributed by atoms with Crippen LogP contribution in [0.2, 0.25) is 0 Å². The minimum Gasteiger partial charge on any atom is -0.358 e. The molecule has 1 N–H and O–H groups in total. The van der Waals surface area contributed by atoms with Gasteiger partial charge in [-0.05, 0) is 61.8 Å². The fourth-order valence-electron chi connectivity index (χ4n) is 3.76. The summed E-state index contributed by atoms with van der Waals surface area (Å²) in [6.45, 7) is 2.14. The van der Waals surface area contributed by atoms with Gasteiger partial charge in [-0.25, -0.2) is 14.4 Å². The van der Waals surface area contributed by atoms with Crippen LogP contribution in [0.4, 0.5) is 4.39 Å². The van der Waals surface area contributed by atoms with E-state index in [1.165, 1.54) is 24.1 Å². The minimum atomic E-state index is -1.01. The molecule has 4 heteroatoms. The number of nitrogens with one attached hydrogen (secondary N) is 1. The van der Waals surface area contributed by atoms with Gasteiger partial charge < -0.3 is 9.88 Å². The molecule has 2 heterocycles. The van der Waals surface area contributed by atoms with Crippen LogP contribution in [0.1, 0.15) is 24.1 Å². The molecule has 2 nitrogen and oxygen atoms in total. The number of likely N-dealkylation sites (N-methyl/N-ethyl adjacent to an activating group) is 1. The lowest BCUT2D eigenvalue weighted by Gasteiger charge is -2.32. The lowest BCUT2D eigenvalue weighted by Crippen LogP contribution is -2.21. The van der Waals surface area contributed by atoms with Crippen LogP contribution in [-0.2, 0) is 12.8 Å². The molecule has 0 bridgehead atoms. The van der Waals surface area contributed by atoms with Crippen LogP contribution in [-0.4, -0.2) is 47.8 Å². The number of rotatable bonds is 2. The SMILES string of the molecule is CN1CCc2[nH]c3cc(S(C)(C)C4CC4)c(F)cc3c2CC1. The number of halogens is 1. The van der Waals surface area contributed by atoms with Crippen LogP contribution < -0.4 is 0 Å². The first-order valence-corrected chi connectivity index (χ1v) is 10.7. The predicted octanol–water partition coefficient (Wildman–Crippen LogP) is 3.92. The van der Waals surface area contributed by atoms with Gasteiger partial charge in [0.1, 0.15) is 5.82 Å². The Morgan fingerprint density at radius 2 is 1.91 bits per heavy atom. The summed E-state index contributed by atoms with van der Waals surface area (Å²) >= 11 is 0. The molecule has 4 rings (SSSR count). The Kier molecular flexibility index (Phi) is 3.31. The van der Waals surface area contributed by atoms with E-state index in [0.29, 0.717) is 0 Å². The van der Waals surface area contributed by atoms with Crippen molar-refractivity contribution in [1.29, 1.82) is 0 Å². The zero-order valence-electron chi connectivity index (χ0n) is 13.7. The van der Waals surface area contributed by atoms with Crippen LogP contribution in [0.15, 0.2) is 17.0 Å². The van der Waals surface area contributed by atoms with E-state index in [9.17, 15) is 4.39 Å². The van der Waals surface area contributed by atoms with Gasteiger partial charge in [-0.1, -0.05) is 0 Å². The Morgan fingerprint density at radius 1 is 1.18 bits per heavy atom. The third-order valence-electron chi connectivity index (χ3n) is 5.46. The molecule has 2 aliphatic rings. The Bertz CT molecular complexity index is 730. The summed E-state index contributed by atoms with van der Waals surface area (Å²) in [6, 6.07) is 3.93. The first kappa shape index (κ1) is 14.6. The number of fused-ring (bicyclic) bond motifs is 3. The molecule has 1 aliphatic heterocycles. The summed E-state index contributed by atoms with van der Waals surface area (Å²) in [5, 5.41) is 1.83. The quantitative estimate of drug-likeness (QED) is 0.888. The highest BCUT2D eigenvalue weighted by Crippen LogP contribution is 2.63. The van der Waals surface area contributed by atoms with Gasteiger partial charge >= 0.3 is 0 Å². The van der Waals surface area contributed by atoms with Crippen molar-refractivity contribution < 1.29 is 4.39 Å². The molecular weight excluding hydrogens is 295 g/mol. The van der Waals surface area contributed by atoms with Gasteiger partial charge in [0.2, 0.25) is 0 Å². The van der Waals surface area contributed by atoms with Crippen molar-refractivity contribution in [1.82, 2.24) is 9.88 Å². The van der Waals surface area contributed by atoms with Crippen molar-refractivity contribution in [3.8, 4) is 0 Å². The molecule has 2 aromatic rings. The predicted molar refractivity (Wildman–Crippen MR) is 93.9 cm³/mol. The smallest absolute Gasteiger partial charge is 0.136 e. The fraction of sp³-hybridized carbons (Fsp3) is 0.556. The van der Waals surface area contributed by atoms with E-state index in [-0.39, 0.29) is 5.82 Å². The summed E-state index contributed by atoms with van der Waals surface area (Å²) in [4.78, 5) is 6.92. The maximum atomic E-state index is 14.8. The molecule has 1 saturated carbocycles. The Labute approximate surface area is 133 Å². The molecule has 0 atom stereocenters. The second-order valence-electron chi connectivity index (χ2n) is 7.32. The van der Waals surface area contributed by atoms with Crippen molar-refractivity contribution >= 4 is 20.9 Å². The van der Waals surface area contributed by atoms with Gasteiger partial charge in [0, 0.05) is 41.0 Å². The Morgan fingerprint density at radius 3 is 2.64 bits per heavy atom. The number of aromatic nitrogens is 1. The summed E-state index contributed by atoms with van der Waals surface area (Å²) in [5.41, 5.74) is 3.80. The highest BCUT2D eigenvalue weighted by atomic mass is 32.3. The summed E-state index contributed by atoms with van der Waals surface area (Å²) in [7, 11) is 1.15. The van der Waals surface area contributed by atoms with Crippen molar-refractivity contribution in [3.05, 3.63) is 29.2 Å². The molecule has 1 aliphatic carbocycles. The maximum absolute atomic E-state index is 14.8. The largest absolute Gasteiger partial charge is 0.358 e. The van der Waals surface area contributed by atoms with Crippen LogP contribution >= 0.6 is 10.0 Å². The molecule has 1 fully saturated rings. The molecule has 0 amide bonds. The summed E-state index contributed by atoms with van der Waals surface area (Å²) in [5.74, 6) is 0.0128. The van der Waals surface area contributed by atoms with E-state index < -0.39 is 10.0 Å². The van der Waals surface area contributed by atoms with Crippen LogP contribution in [0.25, 0.3) is 10.9 Å². The van der Waals surface area contributed by atoms with Gasteiger partial charge in [0.05, 0.1) is 0 Å². The van der Waals surface area contributed by atoms with E-state index in [1.54, 1.807) is 0 Å². The second-order valence-corrected chi connectivity index (χ2v) is 11.2. The number of hydrogen-bond acceptors (Lipinski definition) is 1. The van der Waals surface area contributed by atoms with Crippen LogP contribution in [0.5, 0.6) is 0 Å². The van der Waals surface area contributed by atoms with Gasteiger partial charge in [0.15, 0.2) is 0 Å². The molecule has 120 valence electrons. The first-order chi connectivity index (χ1) is 10.5. The number of hydrogen-bond donors (Lipinski definition) is 1. The van der Waals surface area contributed by atoms with Crippen molar-refractivity contribution in [2.45, 2.75) is 35.8 Å². The molecule has 22 heavy (non-hydrogen) atoms. The number of H-pyrrole nitrogens is 1. The second kappa shape index (κ2) is 5.00. The third kappa shape index (κ3) is 2.28. The van der Waals surface area contributed by atoms with Crippen LogP contribution in [0.3, 0.4) is 0 Å². The molecule has 0 spiro atoms. The van der Waals surface area contributed by atoms with Crippen molar-refractivity contribution in [2.75, 3.05) is 32.6 Å². The lowest BCUT2D eigenvalue weighted by molar-refractivity contribution is 0.352. The Hall–Kier alpha value is -1.00. The van der Waals surface area contributed by atoms with Gasteiger partial charge in [-0.3, -0.25) is 0 Å².